The van der Waals surface area contributed by atoms with Gasteiger partial charge in [0.25, 0.3) is 0 Å². The second kappa shape index (κ2) is 13.2. The summed E-state index contributed by atoms with van der Waals surface area (Å²) < 4.78 is 13.8. The fraction of sp³-hybridized carbons (Fsp3) is 0. The molecule has 0 saturated carbocycles. The third kappa shape index (κ3) is 5.46. The second-order valence-corrected chi connectivity index (χ2v) is 16.4. The van der Waals surface area contributed by atoms with Gasteiger partial charge in [0.05, 0.1) is 11.4 Å². The van der Waals surface area contributed by atoms with Crippen LogP contribution in [0.25, 0.3) is 85.7 Å². The second-order valence-electron chi connectivity index (χ2n) is 15.3. The highest BCUT2D eigenvalue weighted by atomic mass is 32.1. The molecule has 13 aromatic rings. The number of para-hydroxylation sites is 2. The molecule has 0 saturated heterocycles. The Morgan fingerprint density at radius 3 is 1.51 bits per heavy atom. The number of thiophene rings is 1. The van der Waals surface area contributed by atoms with Crippen molar-refractivity contribution < 1.29 is 8.83 Å². The Kier molecular flexibility index (Phi) is 7.34. The molecule has 286 valence electrons. The smallest absolute Gasteiger partial charge is 0.235 e. The predicted molar refractivity (Wildman–Crippen MR) is 252 cm³/mol. The van der Waals surface area contributed by atoms with Crippen LogP contribution in [0, 0.1) is 0 Å². The molecule has 61 heavy (non-hydrogen) atoms. The molecular weight excluding hydrogens is 771 g/mol. The van der Waals surface area contributed by atoms with E-state index in [0.717, 1.165) is 104 Å². The van der Waals surface area contributed by atoms with Gasteiger partial charge < -0.3 is 8.83 Å². The molecule has 0 radical (unpaired) electrons. The number of pyridine rings is 1. The molecule has 0 atom stereocenters. The Labute approximate surface area is 352 Å². The van der Waals surface area contributed by atoms with Crippen molar-refractivity contribution in [1.82, 2.24) is 15.0 Å². The van der Waals surface area contributed by atoms with E-state index in [4.69, 9.17) is 23.8 Å². The van der Waals surface area contributed by atoms with Crippen molar-refractivity contribution >= 4 is 132 Å². The van der Waals surface area contributed by atoms with Gasteiger partial charge in [0.15, 0.2) is 0 Å². The summed E-state index contributed by atoms with van der Waals surface area (Å²) in [6, 6.07) is 61.1. The number of aromatic nitrogens is 3. The summed E-state index contributed by atoms with van der Waals surface area (Å²) in [4.78, 5) is 20.7. The van der Waals surface area contributed by atoms with Crippen molar-refractivity contribution in [2.75, 3.05) is 9.80 Å². The van der Waals surface area contributed by atoms with E-state index < -0.39 is 0 Å². The average molecular weight is 802 g/mol. The fourth-order valence-electron chi connectivity index (χ4n) is 8.80. The van der Waals surface area contributed by atoms with Crippen LogP contribution in [-0.4, -0.2) is 15.0 Å². The summed E-state index contributed by atoms with van der Waals surface area (Å²) in [5.41, 5.74) is 7.15. The predicted octanol–water partition coefficient (Wildman–Crippen LogP) is 15.3. The lowest BCUT2D eigenvalue weighted by Crippen LogP contribution is -2.13. The van der Waals surface area contributed by atoms with Crippen LogP contribution in [0.1, 0.15) is 0 Å². The maximum Gasteiger partial charge on any atom is 0.235 e. The van der Waals surface area contributed by atoms with Crippen LogP contribution in [0.2, 0.25) is 0 Å². The van der Waals surface area contributed by atoms with Crippen LogP contribution in [0.15, 0.2) is 197 Å². The first kappa shape index (κ1) is 33.9. The van der Waals surface area contributed by atoms with Gasteiger partial charge in [-0.1, -0.05) is 97.1 Å². The van der Waals surface area contributed by atoms with E-state index in [1.165, 1.54) is 10.8 Å². The minimum atomic E-state index is 0.565. The number of anilines is 6. The van der Waals surface area contributed by atoms with Crippen molar-refractivity contribution in [1.29, 1.82) is 0 Å². The van der Waals surface area contributed by atoms with Gasteiger partial charge in [-0.2, -0.15) is 0 Å². The Balaban J connectivity index is 0.961. The normalized spacial score (nSPS) is 11.9. The number of fused-ring (bicyclic) bond motifs is 11. The van der Waals surface area contributed by atoms with Crippen LogP contribution in [-0.2, 0) is 0 Å². The molecular formula is C53H31N5O2S. The lowest BCUT2D eigenvalue weighted by molar-refractivity contribution is 0.668. The van der Waals surface area contributed by atoms with Crippen molar-refractivity contribution in [3.63, 3.8) is 0 Å². The van der Waals surface area contributed by atoms with Crippen LogP contribution >= 0.6 is 11.3 Å². The van der Waals surface area contributed by atoms with Gasteiger partial charge in [-0.25, -0.2) is 15.0 Å². The summed E-state index contributed by atoms with van der Waals surface area (Å²) in [5.74, 6) is 1.35. The molecule has 0 aliphatic carbocycles. The molecule has 5 heterocycles. The first-order chi connectivity index (χ1) is 30.2. The molecule has 0 spiro atoms. The third-order valence-electron chi connectivity index (χ3n) is 11.7. The molecule has 0 aliphatic heterocycles. The summed E-state index contributed by atoms with van der Waals surface area (Å²) in [6.45, 7) is 0. The first-order valence-electron chi connectivity index (χ1n) is 20.1. The quantitative estimate of drug-likeness (QED) is 0.166. The van der Waals surface area contributed by atoms with E-state index in [9.17, 15) is 0 Å². The summed E-state index contributed by atoms with van der Waals surface area (Å²) >= 11 is 1.64. The maximum atomic E-state index is 6.38. The topological polar surface area (TPSA) is 71.4 Å². The van der Waals surface area contributed by atoms with Crippen molar-refractivity contribution in [2.24, 2.45) is 0 Å². The van der Waals surface area contributed by atoms with Crippen LogP contribution in [0.4, 0.5) is 34.5 Å². The number of hydrogen-bond donors (Lipinski definition) is 0. The SMILES string of the molecule is c1ccc2cc(N(c3ccc4c(c3)oc3ccccc34)c3cc4sc5nc(N(c6ccc7ccccc7c6)c6ccc7c(c6)oc6ccccc67)ncc5c4cn3)ccc2c1. The van der Waals surface area contributed by atoms with Gasteiger partial charge >= 0.3 is 0 Å². The van der Waals surface area contributed by atoms with Crippen molar-refractivity contribution in [3.05, 3.63) is 188 Å². The summed E-state index contributed by atoms with van der Waals surface area (Å²) in [7, 11) is 0. The number of rotatable bonds is 6. The van der Waals surface area contributed by atoms with E-state index in [-0.39, 0.29) is 0 Å². The molecule has 7 nitrogen and oxygen atoms in total. The maximum absolute atomic E-state index is 6.38. The molecule has 8 heteroatoms. The largest absolute Gasteiger partial charge is 0.456 e. The van der Waals surface area contributed by atoms with Crippen molar-refractivity contribution in [3.8, 4) is 0 Å². The minimum absolute atomic E-state index is 0.565. The molecule has 13 rings (SSSR count). The third-order valence-corrected chi connectivity index (χ3v) is 12.8. The molecule has 0 fully saturated rings. The Morgan fingerprint density at radius 1 is 0.377 bits per heavy atom. The summed E-state index contributed by atoms with van der Waals surface area (Å²) in [5, 5.41) is 10.9. The van der Waals surface area contributed by atoms with Crippen molar-refractivity contribution in [2.45, 2.75) is 0 Å². The van der Waals surface area contributed by atoms with E-state index in [2.05, 4.69) is 149 Å². The van der Waals surface area contributed by atoms with Gasteiger partial charge in [0.1, 0.15) is 33.0 Å². The van der Waals surface area contributed by atoms with Crippen LogP contribution in [0.5, 0.6) is 0 Å². The molecule has 5 aromatic heterocycles. The number of furan rings is 2. The zero-order chi connectivity index (χ0) is 40.0. The van der Waals surface area contributed by atoms with Gasteiger partial charge in [-0.15, -0.1) is 11.3 Å². The monoisotopic (exact) mass is 801 g/mol. The van der Waals surface area contributed by atoms with Gasteiger partial charge in [0.2, 0.25) is 5.95 Å². The highest BCUT2D eigenvalue weighted by Gasteiger charge is 2.22. The number of nitrogens with zero attached hydrogens (tertiary/aromatic N) is 5. The standard InChI is InChI=1S/C53H31N5O2S/c1-3-11-34-25-36(19-17-32(34)9-1)57(38-21-23-42-40-13-5-7-15-46(40)59-48(42)27-38)51-29-50-44(30-54-51)45-31-55-53(56-52(45)61-50)58(37-20-18-33-10-2-4-12-35(33)26-37)39-22-24-43-41-14-6-8-16-47(41)60-49(43)28-39/h1-31H. The summed E-state index contributed by atoms with van der Waals surface area (Å²) in [6.07, 6.45) is 3.89. The van der Waals surface area contributed by atoms with Crippen LogP contribution < -0.4 is 9.80 Å². The van der Waals surface area contributed by atoms with E-state index >= 15 is 0 Å². The Hall–Kier alpha value is -8.07. The first-order valence-corrected chi connectivity index (χ1v) is 21.0. The number of hydrogen-bond acceptors (Lipinski definition) is 8. The van der Waals surface area contributed by atoms with Crippen LogP contribution in [0.3, 0.4) is 0 Å². The molecule has 0 amide bonds. The average Bonchev–Trinajstić information content (AvgIpc) is 3.99. The van der Waals surface area contributed by atoms with Gasteiger partial charge in [-0.05, 0) is 88.3 Å². The molecule has 0 bridgehead atoms. The highest BCUT2D eigenvalue weighted by molar-refractivity contribution is 7.25. The van der Waals surface area contributed by atoms with Gasteiger partial charge in [-0.3, -0.25) is 9.80 Å². The number of benzene rings is 8. The molecule has 0 N–H and O–H groups in total. The fourth-order valence-corrected chi connectivity index (χ4v) is 9.85. The van der Waals surface area contributed by atoms with E-state index in [1.54, 1.807) is 11.3 Å². The van der Waals surface area contributed by atoms with E-state index in [1.807, 2.05) is 48.8 Å². The zero-order valence-corrected chi connectivity index (χ0v) is 33.2. The lowest BCUT2D eigenvalue weighted by atomic mass is 10.1. The van der Waals surface area contributed by atoms with E-state index in [0.29, 0.717) is 5.95 Å². The molecule has 8 aromatic carbocycles. The molecule has 0 aliphatic rings. The minimum Gasteiger partial charge on any atom is -0.456 e. The lowest BCUT2D eigenvalue weighted by Gasteiger charge is -2.24. The highest BCUT2D eigenvalue weighted by Crippen LogP contribution is 2.43. The Bertz CT molecular complexity index is 3630. The van der Waals surface area contributed by atoms with Gasteiger partial charge in [0, 0.05) is 72.9 Å². The Morgan fingerprint density at radius 2 is 0.869 bits per heavy atom. The zero-order valence-electron chi connectivity index (χ0n) is 32.4. The molecule has 0 unspecified atom stereocenters.